The summed E-state index contributed by atoms with van der Waals surface area (Å²) < 4.78 is 24.6. The molecule has 2 unspecified atom stereocenters. The van der Waals surface area contributed by atoms with Crippen molar-refractivity contribution < 1.29 is 23.1 Å². The number of rotatable bonds is 8. The van der Waals surface area contributed by atoms with Crippen LogP contribution in [-0.2, 0) is 14.8 Å². The van der Waals surface area contributed by atoms with Gasteiger partial charge in [-0.1, -0.05) is 6.42 Å². The molecule has 2 atom stereocenters. The Bertz CT molecular complexity index is 466. The number of carbonyl (C=O) groups is 2. The van der Waals surface area contributed by atoms with Crippen LogP contribution in [0.5, 0.6) is 0 Å². The molecule has 1 fully saturated rings. The van der Waals surface area contributed by atoms with Crippen molar-refractivity contribution >= 4 is 22.0 Å². The third-order valence-corrected chi connectivity index (χ3v) is 4.13. The summed E-state index contributed by atoms with van der Waals surface area (Å²) in [6, 6.07) is -0.393. The molecule has 1 rings (SSSR count). The lowest BCUT2D eigenvalue weighted by Crippen LogP contribution is -2.46. The molecular weight excluding hydrogens is 298 g/mol. The van der Waals surface area contributed by atoms with Crippen molar-refractivity contribution in [3.05, 3.63) is 0 Å². The van der Waals surface area contributed by atoms with E-state index in [1.165, 1.54) is 0 Å². The number of hydrogen-bond acceptors (Lipinski definition) is 4. The van der Waals surface area contributed by atoms with Crippen LogP contribution in [0.4, 0.5) is 4.79 Å². The Morgan fingerprint density at radius 1 is 1.29 bits per heavy atom. The van der Waals surface area contributed by atoms with Crippen LogP contribution in [0.2, 0.25) is 0 Å². The molecule has 8 nitrogen and oxygen atoms in total. The van der Waals surface area contributed by atoms with E-state index in [2.05, 4.69) is 15.4 Å². The summed E-state index contributed by atoms with van der Waals surface area (Å²) in [5, 5.41) is 13.9. The van der Waals surface area contributed by atoms with Crippen molar-refractivity contribution in [1.82, 2.24) is 15.4 Å². The first-order valence-corrected chi connectivity index (χ1v) is 8.88. The Morgan fingerprint density at radius 3 is 2.62 bits per heavy atom. The van der Waals surface area contributed by atoms with Crippen molar-refractivity contribution in [2.24, 2.45) is 5.92 Å². The van der Waals surface area contributed by atoms with Crippen LogP contribution in [-0.4, -0.2) is 50.9 Å². The maximum absolute atomic E-state index is 11.7. The molecule has 1 aliphatic carbocycles. The van der Waals surface area contributed by atoms with E-state index >= 15 is 0 Å². The van der Waals surface area contributed by atoms with Gasteiger partial charge in [-0.2, -0.15) is 0 Å². The standard InChI is InChI=1S/C12H23N3O5S/c1-21(19,20)14-8-9-4-2-5-10(9)15-12(18)13-7-3-6-11(16)17/h9-10,14H,2-8H2,1H3,(H,16,17)(H2,13,15,18). The molecule has 21 heavy (non-hydrogen) atoms. The number of nitrogens with one attached hydrogen (secondary N) is 3. The van der Waals surface area contributed by atoms with E-state index in [1.807, 2.05) is 0 Å². The second-order valence-electron chi connectivity index (χ2n) is 5.32. The summed E-state index contributed by atoms with van der Waals surface area (Å²) in [6.45, 7) is 0.625. The van der Waals surface area contributed by atoms with Gasteiger partial charge in [0.2, 0.25) is 10.0 Å². The zero-order chi connectivity index (χ0) is 15.9. The van der Waals surface area contributed by atoms with E-state index in [9.17, 15) is 18.0 Å². The van der Waals surface area contributed by atoms with Gasteiger partial charge in [-0.15, -0.1) is 0 Å². The summed E-state index contributed by atoms with van der Waals surface area (Å²) in [7, 11) is -3.22. The number of amides is 2. The van der Waals surface area contributed by atoms with Gasteiger partial charge in [0, 0.05) is 25.6 Å². The Kier molecular flexibility index (Phi) is 6.90. The molecule has 1 aliphatic rings. The SMILES string of the molecule is CS(=O)(=O)NCC1CCCC1NC(=O)NCCCC(=O)O. The largest absolute Gasteiger partial charge is 0.481 e. The minimum atomic E-state index is -3.22. The maximum atomic E-state index is 11.7. The van der Waals surface area contributed by atoms with Crippen molar-refractivity contribution in [2.45, 2.75) is 38.1 Å². The predicted octanol–water partition coefficient (Wildman–Crippen LogP) is -0.132. The molecule has 0 aliphatic heterocycles. The van der Waals surface area contributed by atoms with Gasteiger partial charge in [-0.3, -0.25) is 4.79 Å². The third kappa shape index (κ3) is 7.86. The predicted molar refractivity (Wildman–Crippen MR) is 77.4 cm³/mol. The van der Waals surface area contributed by atoms with Crippen LogP contribution < -0.4 is 15.4 Å². The van der Waals surface area contributed by atoms with Gasteiger partial charge in [0.25, 0.3) is 0 Å². The molecule has 0 aromatic heterocycles. The lowest BCUT2D eigenvalue weighted by atomic mass is 10.0. The number of carboxylic acid groups (broad SMARTS) is 1. The number of hydrogen-bond donors (Lipinski definition) is 4. The maximum Gasteiger partial charge on any atom is 0.315 e. The second kappa shape index (κ2) is 8.18. The Hall–Kier alpha value is -1.35. The van der Waals surface area contributed by atoms with Gasteiger partial charge in [0.1, 0.15) is 0 Å². The fourth-order valence-corrected chi connectivity index (χ4v) is 2.91. The monoisotopic (exact) mass is 321 g/mol. The molecule has 9 heteroatoms. The van der Waals surface area contributed by atoms with E-state index in [0.29, 0.717) is 19.5 Å². The van der Waals surface area contributed by atoms with Crippen LogP contribution >= 0.6 is 0 Å². The zero-order valence-corrected chi connectivity index (χ0v) is 12.9. The minimum Gasteiger partial charge on any atom is -0.481 e. The van der Waals surface area contributed by atoms with Crippen molar-refractivity contribution in [3.63, 3.8) is 0 Å². The highest BCUT2D eigenvalue weighted by Gasteiger charge is 2.28. The third-order valence-electron chi connectivity index (χ3n) is 3.44. The highest BCUT2D eigenvalue weighted by Crippen LogP contribution is 2.25. The Morgan fingerprint density at radius 2 is 2.00 bits per heavy atom. The summed E-state index contributed by atoms with van der Waals surface area (Å²) in [5.74, 6) is -0.801. The quantitative estimate of drug-likeness (QED) is 0.463. The molecule has 122 valence electrons. The van der Waals surface area contributed by atoms with Gasteiger partial charge in [-0.25, -0.2) is 17.9 Å². The topological polar surface area (TPSA) is 125 Å². The van der Waals surface area contributed by atoms with Gasteiger partial charge in [0.15, 0.2) is 0 Å². The van der Waals surface area contributed by atoms with E-state index < -0.39 is 16.0 Å². The molecule has 0 heterocycles. The van der Waals surface area contributed by atoms with Crippen LogP contribution in [0.15, 0.2) is 0 Å². The van der Waals surface area contributed by atoms with Crippen LogP contribution in [0.1, 0.15) is 32.1 Å². The van der Waals surface area contributed by atoms with Crippen molar-refractivity contribution in [2.75, 3.05) is 19.3 Å². The number of carbonyl (C=O) groups excluding carboxylic acids is 1. The second-order valence-corrected chi connectivity index (χ2v) is 7.15. The van der Waals surface area contributed by atoms with Crippen molar-refractivity contribution in [3.8, 4) is 0 Å². The lowest BCUT2D eigenvalue weighted by Gasteiger charge is -2.21. The van der Waals surface area contributed by atoms with E-state index in [1.54, 1.807) is 0 Å². The van der Waals surface area contributed by atoms with Crippen molar-refractivity contribution in [1.29, 1.82) is 0 Å². The molecular formula is C12H23N3O5S. The summed E-state index contributed by atoms with van der Waals surface area (Å²) in [6.07, 6.45) is 4.14. The van der Waals surface area contributed by atoms with Gasteiger partial charge in [-0.05, 0) is 25.2 Å². The first-order chi connectivity index (χ1) is 9.78. The Balaban J connectivity index is 2.28. The van der Waals surface area contributed by atoms with Gasteiger partial charge >= 0.3 is 12.0 Å². The number of carboxylic acids is 1. The highest BCUT2D eigenvalue weighted by atomic mass is 32.2. The van der Waals surface area contributed by atoms with E-state index in [4.69, 9.17) is 5.11 Å². The summed E-state index contributed by atoms with van der Waals surface area (Å²) in [5.41, 5.74) is 0. The average Bonchev–Trinajstić information content (AvgIpc) is 2.78. The van der Waals surface area contributed by atoms with Crippen LogP contribution in [0, 0.1) is 5.92 Å². The molecule has 0 saturated heterocycles. The molecule has 0 aromatic carbocycles. The normalized spacial score (nSPS) is 22.0. The number of sulfonamides is 1. The fraction of sp³-hybridized carbons (Fsp3) is 0.833. The molecule has 0 bridgehead atoms. The lowest BCUT2D eigenvalue weighted by molar-refractivity contribution is -0.137. The smallest absolute Gasteiger partial charge is 0.315 e. The molecule has 2 amide bonds. The molecule has 0 spiro atoms. The molecule has 0 radical (unpaired) electrons. The minimum absolute atomic E-state index is 0.0185. The number of urea groups is 1. The molecule has 1 saturated carbocycles. The average molecular weight is 321 g/mol. The van der Waals surface area contributed by atoms with Gasteiger partial charge in [0.05, 0.1) is 6.26 Å². The van der Waals surface area contributed by atoms with Gasteiger partial charge < -0.3 is 15.7 Å². The molecule has 0 aromatic rings. The van der Waals surface area contributed by atoms with E-state index in [0.717, 1.165) is 25.5 Å². The van der Waals surface area contributed by atoms with Crippen LogP contribution in [0.25, 0.3) is 0 Å². The molecule has 4 N–H and O–H groups in total. The number of aliphatic carboxylic acids is 1. The van der Waals surface area contributed by atoms with Crippen LogP contribution in [0.3, 0.4) is 0 Å². The fourth-order valence-electron chi connectivity index (χ4n) is 2.39. The van der Waals surface area contributed by atoms with E-state index in [-0.39, 0.29) is 24.4 Å². The first kappa shape index (κ1) is 17.7. The summed E-state index contributed by atoms with van der Waals surface area (Å²) in [4.78, 5) is 22.0. The zero-order valence-electron chi connectivity index (χ0n) is 12.1. The summed E-state index contributed by atoms with van der Waals surface area (Å²) >= 11 is 0. The Labute approximate surface area is 124 Å². The highest BCUT2D eigenvalue weighted by molar-refractivity contribution is 7.88. The first-order valence-electron chi connectivity index (χ1n) is 6.98.